The van der Waals surface area contributed by atoms with Crippen molar-refractivity contribution in [2.45, 2.75) is 40.0 Å². The largest absolute Gasteiger partial charge is 0.466 e. The van der Waals surface area contributed by atoms with Gasteiger partial charge in [-0.05, 0) is 33.6 Å². The van der Waals surface area contributed by atoms with Crippen molar-refractivity contribution in [2.75, 3.05) is 6.54 Å². The van der Waals surface area contributed by atoms with E-state index in [0.717, 1.165) is 24.2 Å². The molecule has 0 aliphatic carbocycles. The Hall–Kier alpha value is -1.76. The summed E-state index contributed by atoms with van der Waals surface area (Å²) in [6.45, 7) is 6.14. The third-order valence-electron chi connectivity index (χ3n) is 2.79. The Bertz CT molecular complexity index is 441. The molecule has 1 N–H and O–H groups in total. The molecule has 1 aromatic rings. The molecule has 1 rings (SSSR count). The highest BCUT2D eigenvalue weighted by molar-refractivity contribution is 5.96. The highest BCUT2D eigenvalue weighted by Crippen LogP contribution is 2.20. The maximum atomic E-state index is 11.9. The summed E-state index contributed by atoms with van der Waals surface area (Å²) >= 11 is 0. The van der Waals surface area contributed by atoms with Crippen LogP contribution in [0, 0.1) is 32.1 Å². The molecule has 92 valence electrons. The topological polar surface area (TPSA) is 66.0 Å². The van der Waals surface area contributed by atoms with Crippen LogP contribution in [0.5, 0.6) is 0 Å². The van der Waals surface area contributed by atoms with Crippen molar-refractivity contribution in [1.82, 2.24) is 5.32 Å². The van der Waals surface area contributed by atoms with Gasteiger partial charge in [0.2, 0.25) is 0 Å². The summed E-state index contributed by atoms with van der Waals surface area (Å²) in [4.78, 5) is 11.9. The summed E-state index contributed by atoms with van der Waals surface area (Å²) in [5.74, 6) is 1.36. The second-order valence-corrected chi connectivity index (χ2v) is 4.09. The normalized spacial score (nSPS) is 10.0. The van der Waals surface area contributed by atoms with Crippen molar-refractivity contribution in [3.63, 3.8) is 0 Å². The van der Waals surface area contributed by atoms with Gasteiger partial charge in [0, 0.05) is 18.5 Å². The fourth-order valence-electron chi connectivity index (χ4n) is 1.75. The molecule has 0 aliphatic heterocycles. The van der Waals surface area contributed by atoms with Gasteiger partial charge in [-0.15, -0.1) is 0 Å². The number of carbonyl (C=O) groups is 1. The van der Waals surface area contributed by atoms with E-state index in [9.17, 15) is 4.79 Å². The Morgan fingerprint density at radius 1 is 1.29 bits per heavy atom. The van der Waals surface area contributed by atoms with E-state index in [0.29, 0.717) is 24.3 Å². The molecule has 0 unspecified atom stereocenters. The number of amides is 1. The Labute approximate surface area is 102 Å². The van der Waals surface area contributed by atoms with E-state index in [1.807, 2.05) is 13.8 Å². The average molecular weight is 234 g/mol. The molecule has 0 aromatic carbocycles. The van der Waals surface area contributed by atoms with Crippen molar-refractivity contribution >= 4 is 5.91 Å². The lowest BCUT2D eigenvalue weighted by molar-refractivity contribution is 0.0951. The second-order valence-electron chi connectivity index (χ2n) is 4.09. The molecule has 17 heavy (non-hydrogen) atoms. The molecule has 0 fully saturated rings. The minimum atomic E-state index is -0.0891. The predicted molar refractivity (Wildman–Crippen MR) is 64.7 cm³/mol. The first-order chi connectivity index (χ1) is 8.07. The molecule has 1 amide bonds. The van der Waals surface area contributed by atoms with Gasteiger partial charge < -0.3 is 9.73 Å². The monoisotopic (exact) mass is 234 g/mol. The summed E-state index contributed by atoms with van der Waals surface area (Å²) in [6.07, 6.45) is 2.19. The summed E-state index contributed by atoms with van der Waals surface area (Å²) in [7, 11) is 0. The number of unbranched alkanes of at least 4 members (excludes halogenated alkanes) is 2. The number of furan rings is 1. The van der Waals surface area contributed by atoms with Gasteiger partial charge in [0.05, 0.1) is 11.6 Å². The first-order valence-corrected chi connectivity index (χ1v) is 5.79. The fraction of sp³-hybridized carbons (Fsp3) is 0.538. The molecular weight excluding hydrogens is 216 g/mol. The number of nitrogens with zero attached hydrogens (tertiary/aromatic N) is 1. The number of rotatable bonds is 5. The summed E-state index contributed by atoms with van der Waals surface area (Å²) in [5, 5.41) is 11.2. The Morgan fingerprint density at radius 3 is 2.53 bits per heavy atom. The van der Waals surface area contributed by atoms with Crippen LogP contribution >= 0.6 is 0 Å². The molecule has 0 radical (unpaired) electrons. The molecule has 4 heteroatoms. The second kappa shape index (κ2) is 6.09. The van der Waals surface area contributed by atoms with E-state index in [4.69, 9.17) is 9.68 Å². The first-order valence-electron chi connectivity index (χ1n) is 5.79. The lowest BCUT2D eigenvalue weighted by atomic mass is 10.1. The molecular formula is C13H18N2O2. The van der Waals surface area contributed by atoms with Crippen molar-refractivity contribution in [2.24, 2.45) is 0 Å². The number of hydrogen-bond acceptors (Lipinski definition) is 3. The van der Waals surface area contributed by atoms with E-state index in [2.05, 4.69) is 11.4 Å². The van der Waals surface area contributed by atoms with Crippen molar-refractivity contribution in [3.05, 3.63) is 22.6 Å². The van der Waals surface area contributed by atoms with E-state index < -0.39 is 0 Å². The van der Waals surface area contributed by atoms with E-state index in [-0.39, 0.29) is 5.91 Å². The number of nitriles is 1. The predicted octanol–water partition coefficient (Wildman–Crippen LogP) is 2.63. The Balaban J connectivity index is 2.50. The fourth-order valence-corrected chi connectivity index (χ4v) is 1.75. The van der Waals surface area contributed by atoms with Crippen LogP contribution in [0.3, 0.4) is 0 Å². The molecule has 0 atom stereocenters. The van der Waals surface area contributed by atoms with Crippen molar-refractivity contribution < 1.29 is 9.21 Å². The lowest BCUT2D eigenvalue weighted by Crippen LogP contribution is -2.25. The van der Waals surface area contributed by atoms with Crippen LogP contribution in [0.1, 0.15) is 46.7 Å². The number of nitrogens with one attached hydrogen (secondary N) is 1. The average Bonchev–Trinajstić information content (AvgIpc) is 2.53. The zero-order chi connectivity index (χ0) is 12.8. The standard InChI is InChI=1S/C13H18N2O2/c1-9-10(2)17-11(3)12(9)13(16)15-8-6-4-5-7-14/h4-6,8H2,1-3H3,(H,15,16). The zero-order valence-electron chi connectivity index (χ0n) is 10.6. The lowest BCUT2D eigenvalue weighted by Gasteiger charge is -2.04. The SMILES string of the molecule is Cc1oc(C)c(C(=O)NCCCCC#N)c1C. The smallest absolute Gasteiger partial charge is 0.255 e. The van der Waals surface area contributed by atoms with E-state index in [1.54, 1.807) is 6.92 Å². The maximum absolute atomic E-state index is 11.9. The summed E-state index contributed by atoms with van der Waals surface area (Å²) in [6, 6.07) is 2.08. The van der Waals surface area contributed by atoms with Gasteiger partial charge in [-0.1, -0.05) is 0 Å². The van der Waals surface area contributed by atoms with Gasteiger partial charge in [0.15, 0.2) is 0 Å². The van der Waals surface area contributed by atoms with Gasteiger partial charge in [0.1, 0.15) is 11.5 Å². The van der Waals surface area contributed by atoms with Crippen molar-refractivity contribution in [3.8, 4) is 6.07 Å². The minimum absolute atomic E-state index is 0.0891. The zero-order valence-corrected chi connectivity index (χ0v) is 10.6. The third-order valence-corrected chi connectivity index (χ3v) is 2.79. The minimum Gasteiger partial charge on any atom is -0.466 e. The summed E-state index contributed by atoms with van der Waals surface area (Å²) < 4.78 is 5.41. The van der Waals surface area contributed by atoms with Gasteiger partial charge in [-0.3, -0.25) is 4.79 Å². The van der Waals surface area contributed by atoms with Gasteiger partial charge >= 0.3 is 0 Å². The van der Waals surface area contributed by atoms with Gasteiger partial charge in [-0.2, -0.15) is 5.26 Å². The van der Waals surface area contributed by atoms with Crippen LogP contribution in [0.2, 0.25) is 0 Å². The number of hydrogen-bond donors (Lipinski definition) is 1. The quantitative estimate of drug-likeness (QED) is 0.796. The Morgan fingerprint density at radius 2 is 2.00 bits per heavy atom. The molecule has 0 spiro atoms. The Kier molecular flexibility index (Phi) is 4.77. The molecule has 1 heterocycles. The number of aryl methyl sites for hydroxylation is 2. The van der Waals surface area contributed by atoms with Crippen molar-refractivity contribution in [1.29, 1.82) is 5.26 Å². The van der Waals surface area contributed by atoms with Gasteiger partial charge in [0.25, 0.3) is 5.91 Å². The van der Waals surface area contributed by atoms with Crippen LogP contribution in [0.15, 0.2) is 4.42 Å². The van der Waals surface area contributed by atoms with Gasteiger partial charge in [-0.25, -0.2) is 0 Å². The highest BCUT2D eigenvalue weighted by atomic mass is 16.3. The maximum Gasteiger partial charge on any atom is 0.255 e. The van der Waals surface area contributed by atoms with E-state index in [1.165, 1.54) is 0 Å². The molecule has 0 saturated carbocycles. The highest BCUT2D eigenvalue weighted by Gasteiger charge is 2.17. The van der Waals surface area contributed by atoms with Crippen LogP contribution in [0.25, 0.3) is 0 Å². The molecule has 1 aromatic heterocycles. The third kappa shape index (κ3) is 3.35. The summed E-state index contributed by atoms with van der Waals surface area (Å²) in [5.41, 5.74) is 1.54. The van der Waals surface area contributed by atoms with Crippen LogP contribution in [-0.2, 0) is 0 Å². The van der Waals surface area contributed by atoms with Crippen LogP contribution in [0.4, 0.5) is 0 Å². The van der Waals surface area contributed by atoms with Crippen LogP contribution < -0.4 is 5.32 Å². The first kappa shape index (κ1) is 13.3. The molecule has 0 aliphatic rings. The molecule has 0 bridgehead atoms. The molecule has 0 saturated heterocycles. The van der Waals surface area contributed by atoms with E-state index >= 15 is 0 Å². The molecule has 4 nitrogen and oxygen atoms in total. The van der Waals surface area contributed by atoms with Crippen LogP contribution in [-0.4, -0.2) is 12.5 Å². The number of carbonyl (C=O) groups excluding carboxylic acids is 1.